The number of amides is 1. The van der Waals surface area contributed by atoms with Crippen molar-refractivity contribution in [2.45, 2.75) is 77.0 Å². The largest absolute Gasteiger partial charge is 0.467 e. The number of aryl methyl sites for hydroxylation is 2. The molecule has 2 aliphatic rings. The molecular weight excluding hydrogens is 432 g/mol. The molecule has 1 heterocycles. The number of hydrogen-bond donors (Lipinski definition) is 1. The Morgan fingerprint density at radius 1 is 1.15 bits per heavy atom. The number of esters is 1. The number of ether oxygens (including phenoxy) is 2. The van der Waals surface area contributed by atoms with Crippen molar-refractivity contribution in [2.24, 2.45) is 5.92 Å². The zero-order valence-electron chi connectivity index (χ0n) is 20.3. The fraction of sp³-hybridized carbons (Fsp3) is 0.519. The van der Waals surface area contributed by atoms with Gasteiger partial charge < -0.3 is 19.2 Å². The molecule has 34 heavy (non-hydrogen) atoms. The molecule has 0 bridgehead atoms. The Kier molecular flexibility index (Phi) is 7.51. The summed E-state index contributed by atoms with van der Waals surface area (Å²) in [7, 11) is 1.38. The number of nitrogens with one attached hydrogen (secondary N) is 1. The molecule has 2 unspecified atom stereocenters. The molecule has 1 amide bonds. The van der Waals surface area contributed by atoms with Gasteiger partial charge in [0.1, 0.15) is 17.0 Å². The Hall–Kier alpha value is -2.93. The fourth-order valence-corrected chi connectivity index (χ4v) is 4.82. The third-order valence-corrected chi connectivity index (χ3v) is 6.91. The first-order valence-corrected chi connectivity index (χ1v) is 12.1. The van der Waals surface area contributed by atoms with Crippen LogP contribution in [-0.4, -0.2) is 35.6 Å². The molecule has 0 aliphatic heterocycles. The van der Waals surface area contributed by atoms with Gasteiger partial charge in [-0.3, -0.25) is 4.79 Å². The third-order valence-electron chi connectivity index (χ3n) is 6.91. The summed E-state index contributed by atoms with van der Waals surface area (Å²) in [6.07, 6.45) is 9.20. The maximum atomic E-state index is 13.1. The number of aromatic nitrogens is 1. The lowest BCUT2D eigenvalue weighted by Crippen LogP contribution is -2.57. The van der Waals surface area contributed by atoms with Gasteiger partial charge in [-0.05, 0) is 51.7 Å². The van der Waals surface area contributed by atoms with Crippen LogP contribution in [0.2, 0.25) is 0 Å². The lowest BCUT2D eigenvalue weighted by atomic mass is 9.80. The van der Waals surface area contributed by atoms with Gasteiger partial charge in [-0.2, -0.15) is 0 Å². The van der Waals surface area contributed by atoms with E-state index in [4.69, 9.17) is 13.9 Å². The fourth-order valence-electron chi connectivity index (χ4n) is 4.82. The Morgan fingerprint density at radius 2 is 1.88 bits per heavy atom. The van der Waals surface area contributed by atoms with Crippen LogP contribution in [0, 0.1) is 19.8 Å². The van der Waals surface area contributed by atoms with Crippen LogP contribution in [0.5, 0.6) is 0 Å². The first-order valence-electron chi connectivity index (χ1n) is 12.1. The second-order valence-corrected chi connectivity index (χ2v) is 9.45. The smallest absolute Gasteiger partial charge is 0.331 e. The van der Waals surface area contributed by atoms with E-state index in [1.165, 1.54) is 12.7 Å². The molecule has 0 spiro atoms. The average molecular weight is 467 g/mol. The van der Waals surface area contributed by atoms with Crippen LogP contribution in [0.4, 0.5) is 0 Å². The SMILES string of the molecule is COC(=O)C1(NC(=O)C2C=CCC(OCc3nc(-c4ccc(C)cc4)oc3C)C2)CCCCC1. The molecule has 4 rings (SSSR count). The number of carbonyl (C=O) groups excluding carboxylic acids is 2. The van der Waals surface area contributed by atoms with E-state index in [1.807, 2.05) is 50.3 Å². The molecule has 182 valence electrons. The molecule has 2 aromatic rings. The molecular formula is C27H34N2O5. The molecule has 1 N–H and O–H groups in total. The summed E-state index contributed by atoms with van der Waals surface area (Å²) in [6.45, 7) is 4.25. The highest BCUT2D eigenvalue weighted by molar-refractivity contribution is 5.89. The number of oxazole rings is 1. The summed E-state index contributed by atoms with van der Waals surface area (Å²) in [4.78, 5) is 30.2. The first kappa shape index (κ1) is 24.2. The van der Waals surface area contributed by atoms with Crippen molar-refractivity contribution in [2.75, 3.05) is 7.11 Å². The van der Waals surface area contributed by atoms with E-state index in [0.29, 0.717) is 31.8 Å². The molecule has 1 fully saturated rings. The number of carbonyl (C=O) groups is 2. The van der Waals surface area contributed by atoms with Crippen molar-refractivity contribution in [3.8, 4) is 11.5 Å². The monoisotopic (exact) mass is 466 g/mol. The van der Waals surface area contributed by atoms with Crippen molar-refractivity contribution in [3.05, 3.63) is 53.4 Å². The Morgan fingerprint density at radius 3 is 2.59 bits per heavy atom. The van der Waals surface area contributed by atoms with E-state index < -0.39 is 5.54 Å². The van der Waals surface area contributed by atoms with Crippen molar-refractivity contribution in [1.29, 1.82) is 0 Å². The average Bonchev–Trinajstić information content (AvgIpc) is 3.23. The lowest BCUT2D eigenvalue weighted by molar-refractivity contribution is -0.153. The van der Waals surface area contributed by atoms with Gasteiger partial charge >= 0.3 is 5.97 Å². The first-order chi connectivity index (χ1) is 16.4. The van der Waals surface area contributed by atoms with Crippen LogP contribution < -0.4 is 5.32 Å². The summed E-state index contributed by atoms with van der Waals surface area (Å²) in [5.74, 6) is 0.477. The van der Waals surface area contributed by atoms with Gasteiger partial charge in [-0.25, -0.2) is 9.78 Å². The minimum absolute atomic E-state index is 0.111. The van der Waals surface area contributed by atoms with Crippen molar-refractivity contribution in [1.82, 2.24) is 10.3 Å². The third kappa shape index (κ3) is 5.41. The zero-order chi connectivity index (χ0) is 24.1. The topological polar surface area (TPSA) is 90.7 Å². The molecule has 1 aromatic heterocycles. The highest BCUT2D eigenvalue weighted by Crippen LogP contribution is 2.31. The molecule has 2 aliphatic carbocycles. The highest BCUT2D eigenvalue weighted by atomic mass is 16.5. The number of hydrogen-bond acceptors (Lipinski definition) is 6. The molecule has 0 saturated heterocycles. The van der Waals surface area contributed by atoms with Gasteiger partial charge in [-0.15, -0.1) is 0 Å². The van der Waals surface area contributed by atoms with Crippen molar-refractivity contribution < 1.29 is 23.5 Å². The normalized spacial score (nSPS) is 21.7. The second kappa shape index (κ2) is 10.6. The quantitative estimate of drug-likeness (QED) is 0.466. The van der Waals surface area contributed by atoms with Crippen LogP contribution in [-0.2, 0) is 25.7 Å². The van der Waals surface area contributed by atoms with Gasteiger partial charge in [0.2, 0.25) is 11.8 Å². The van der Waals surface area contributed by atoms with E-state index in [0.717, 1.165) is 42.7 Å². The van der Waals surface area contributed by atoms with Crippen LogP contribution in [0.1, 0.15) is 62.0 Å². The van der Waals surface area contributed by atoms with Crippen molar-refractivity contribution >= 4 is 11.9 Å². The Bertz CT molecular complexity index is 1030. The van der Waals surface area contributed by atoms with E-state index in [-0.39, 0.29) is 23.9 Å². The van der Waals surface area contributed by atoms with Crippen LogP contribution in [0.25, 0.3) is 11.5 Å². The highest BCUT2D eigenvalue weighted by Gasteiger charge is 2.43. The van der Waals surface area contributed by atoms with Gasteiger partial charge in [-0.1, -0.05) is 49.1 Å². The van der Waals surface area contributed by atoms with E-state index in [9.17, 15) is 9.59 Å². The number of nitrogens with zero attached hydrogens (tertiary/aromatic N) is 1. The van der Waals surface area contributed by atoms with E-state index in [1.54, 1.807) is 0 Å². The predicted octanol–water partition coefficient (Wildman–Crippen LogP) is 4.80. The standard InChI is InChI=1S/C27H34N2O5/c1-18-10-12-20(13-11-18)25-28-23(19(2)34-25)17-33-22-9-7-8-21(16-22)24(30)29-27(26(31)32-3)14-5-4-6-15-27/h7-8,10-13,21-22H,4-6,9,14-17H2,1-3H3,(H,29,30). The summed E-state index contributed by atoms with van der Waals surface area (Å²) in [5.41, 5.74) is 1.97. The van der Waals surface area contributed by atoms with Gasteiger partial charge in [0.05, 0.1) is 25.7 Å². The molecule has 1 aromatic carbocycles. The van der Waals surface area contributed by atoms with Gasteiger partial charge in [0.15, 0.2) is 0 Å². The van der Waals surface area contributed by atoms with Gasteiger partial charge in [0.25, 0.3) is 0 Å². The second-order valence-electron chi connectivity index (χ2n) is 9.45. The number of benzene rings is 1. The van der Waals surface area contributed by atoms with Crippen LogP contribution in [0.15, 0.2) is 40.8 Å². The number of rotatable bonds is 7. The maximum Gasteiger partial charge on any atom is 0.331 e. The predicted molar refractivity (Wildman–Crippen MR) is 128 cm³/mol. The molecule has 1 saturated carbocycles. The zero-order valence-corrected chi connectivity index (χ0v) is 20.3. The molecule has 7 heteroatoms. The maximum absolute atomic E-state index is 13.1. The Labute approximate surface area is 200 Å². The minimum atomic E-state index is -0.907. The summed E-state index contributed by atoms with van der Waals surface area (Å²) in [6, 6.07) is 8.05. The van der Waals surface area contributed by atoms with Crippen molar-refractivity contribution in [3.63, 3.8) is 0 Å². The minimum Gasteiger partial charge on any atom is -0.467 e. The lowest BCUT2D eigenvalue weighted by Gasteiger charge is -2.36. The van der Waals surface area contributed by atoms with Gasteiger partial charge in [0, 0.05) is 5.56 Å². The number of methoxy groups -OCH3 is 1. The summed E-state index contributed by atoms with van der Waals surface area (Å²) >= 11 is 0. The van der Waals surface area contributed by atoms with E-state index >= 15 is 0 Å². The van der Waals surface area contributed by atoms with Crippen LogP contribution in [0.3, 0.4) is 0 Å². The summed E-state index contributed by atoms with van der Waals surface area (Å²) in [5, 5.41) is 3.03. The Balaban J connectivity index is 1.36. The van der Waals surface area contributed by atoms with Crippen LogP contribution >= 0.6 is 0 Å². The molecule has 0 radical (unpaired) electrons. The molecule has 7 nitrogen and oxygen atoms in total. The summed E-state index contributed by atoms with van der Waals surface area (Å²) < 4.78 is 17.0. The molecule has 2 atom stereocenters. The van der Waals surface area contributed by atoms with E-state index in [2.05, 4.69) is 10.3 Å².